The Morgan fingerprint density at radius 2 is 1.85 bits per heavy atom. The van der Waals surface area contributed by atoms with Crippen LogP contribution in [-0.4, -0.2) is 41.9 Å². The first kappa shape index (κ1) is 14.2. The van der Waals surface area contributed by atoms with E-state index >= 15 is 0 Å². The van der Waals surface area contributed by atoms with Crippen LogP contribution in [0.5, 0.6) is 0 Å². The van der Waals surface area contributed by atoms with E-state index < -0.39 is 5.92 Å². The zero-order valence-electron chi connectivity index (χ0n) is 12.3. The minimum absolute atomic E-state index is 0.111. The van der Waals surface area contributed by atoms with Gasteiger partial charge in [-0.2, -0.15) is 0 Å². The van der Waals surface area contributed by atoms with Crippen LogP contribution < -0.4 is 5.32 Å². The fraction of sp³-hybridized carbons (Fsp3) is 0.933. The van der Waals surface area contributed by atoms with E-state index in [0.29, 0.717) is 24.7 Å². The second-order valence-electron chi connectivity index (χ2n) is 7.26. The van der Waals surface area contributed by atoms with Crippen molar-refractivity contribution in [2.75, 3.05) is 19.6 Å². The van der Waals surface area contributed by atoms with Gasteiger partial charge in [-0.25, -0.2) is 8.78 Å². The second-order valence-corrected chi connectivity index (χ2v) is 7.26. The lowest BCUT2D eigenvalue weighted by atomic mass is 9.83. The summed E-state index contributed by atoms with van der Waals surface area (Å²) in [4.78, 5) is 14.7. The molecule has 2 atom stereocenters. The Balaban J connectivity index is 1.69. The summed E-state index contributed by atoms with van der Waals surface area (Å²) >= 11 is 0. The summed E-state index contributed by atoms with van der Waals surface area (Å²) in [6.07, 6.45) is 0.413. The number of amides is 1. The number of rotatable bonds is 1. The molecule has 3 rings (SSSR count). The third-order valence-electron chi connectivity index (χ3n) is 5.69. The van der Waals surface area contributed by atoms with Crippen molar-refractivity contribution in [3.05, 3.63) is 0 Å². The number of hydrogen-bond acceptors (Lipinski definition) is 2. The van der Waals surface area contributed by atoms with Gasteiger partial charge >= 0.3 is 0 Å². The third kappa shape index (κ3) is 2.24. The van der Waals surface area contributed by atoms with Crippen molar-refractivity contribution in [1.82, 2.24) is 10.2 Å². The molecule has 3 fully saturated rings. The lowest BCUT2D eigenvalue weighted by Gasteiger charge is -2.39. The third-order valence-corrected chi connectivity index (χ3v) is 5.69. The Labute approximate surface area is 119 Å². The van der Waals surface area contributed by atoms with E-state index in [9.17, 15) is 13.6 Å². The highest BCUT2D eigenvalue weighted by atomic mass is 19.3. The standard InChI is InChI=1S/C15H24F2N2O/c1-14(2)12-8-18-7-11(12)9-19(14)13(20)10-3-5-15(16,17)6-4-10/h10-12,18H,3-9H2,1-2H3. The molecule has 2 heterocycles. The van der Waals surface area contributed by atoms with Crippen molar-refractivity contribution in [2.45, 2.75) is 51.0 Å². The molecule has 2 aliphatic heterocycles. The second kappa shape index (κ2) is 4.65. The Hall–Kier alpha value is -0.710. The Morgan fingerprint density at radius 3 is 2.45 bits per heavy atom. The molecule has 1 amide bonds. The van der Waals surface area contributed by atoms with E-state index in [1.165, 1.54) is 0 Å². The molecule has 0 aromatic carbocycles. The van der Waals surface area contributed by atoms with Crippen LogP contribution in [0.1, 0.15) is 39.5 Å². The van der Waals surface area contributed by atoms with Gasteiger partial charge in [0.2, 0.25) is 11.8 Å². The van der Waals surface area contributed by atoms with E-state index in [-0.39, 0.29) is 30.2 Å². The molecular weight excluding hydrogens is 262 g/mol. The summed E-state index contributed by atoms with van der Waals surface area (Å²) in [6, 6.07) is 0. The smallest absolute Gasteiger partial charge is 0.248 e. The van der Waals surface area contributed by atoms with Crippen LogP contribution in [0.4, 0.5) is 8.78 Å². The highest BCUT2D eigenvalue weighted by Gasteiger charge is 2.52. The minimum Gasteiger partial charge on any atom is -0.337 e. The quantitative estimate of drug-likeness (QED) is 0.802. The van der Waals surface area contributed by atoms with Crippen molar-refractivity contribution in [2.24, 2.45) is 17.8 Å². The number of fused-ring (bicyclic) bond motifs is 1. The Bertz CT molecular complexity index is 401. The summed E-state index contributed by atoms with van der Waals surface area (Å²) in [5, 5.41) is 3.39. The maximum absolute atomic E-state index is 13.2. The van der Waals surface area contributed by atoms with E-state index in [2.05, 4.69) is 19.2 Å². The molecule has 3 nitrogen and oxygen atoms in total. The van der Waals surface area contributed by atoms with E-state index in [1.807, 2.05) is 4.90 Å². The first-order valence-electron chi connectivity index (χ1n) is 7.71. The molecule has 0 bridgehead atoms. The average Bonchev–Trinajstić information content (AvgIpc) is 2.91. The van der Waals surface area contributed by atoms with Crippen molar-refractivity contribution in [3.8, 4) is 0 Å². The van der Waals surface area contributed by atoms with Crippen LogP contribution in [0.2, 0.25) is 0 Å². The van der Waals surface area contributed by atoms with Gasteiger partial charge in [-0.05, 0) is 38.5 Å². The van der Waals surface area contributed by atoms with Gasteiger partial charge in [0.25, 0.3) is 0 Å². The number of likely N-dealkylation sites (tertiary alicyclic amines) is 1. The van der Waals surface area contributed by atoms with Gasteiger partial charge in [0.15, 0.2) is 0 Å². The van der Waals surface area contributed by atoms with Crippen LogP contribution in [0, 0.1) is 17.8 Å². The molecule has 2 saturated heterocycles. The Morgan fingerprint density at radius 1 is 1.20 bits per heavy atom. The fourth-order valence-corrected chi connectivity index (χ4v) is 4.30. The maximum Gasteiger partial charge on any atom is 0.248 e. The van der Waals surface area contributed by atoms with E-state index in [0.717, 1.165) is 19.6 Å². The lowest BCUT2D eigenvalue weighted by Crippen LogP contribution is -2.50. The van der Waals surface area contributed by atoms with Crippen molar-refractivity contribution < 1.29 is 13.6 Å². The number of carbonyl (C=O) groups is 1. The van der Waals surface area contributed by atoms with Gasteiger partial charge in [-0.1, -0.05) is 0 Å². The molecule has 0 aromatic heterocycles. The van der Waals surface area contributed by atoms with Crippen LogP contribution in [0.25, 0.3) is 0 Å². The van der Waals surface area contributed by atoms with Crippen LogP contribution in [0.3, 0.4) is 0 Å². The summed E-state index contributed by atoms with van der Waals surface area (Å²) in [5.41, 5.74) is -0.148. The first-order valence-corrected chi connectivity index (χ1v) is 7.71. The van der Waals surface area contributed by atoms with Gasteiger partial charge in [-0.3, -0.25) is 4.79 Å². The number of halogens is 2. The molecule has 1 saturated carbocycles. The number of nitrogens with zero attached hydrogens (tertiary/aromatic N) is 1. The number of hydrogen-bond donors (Lipinski definition) is 1. The SMILES string of the molecule is CC1(C)C2CNCC2CN1C(=O)C1CCC(F)(F)CC1. The molecule has 20 heavy (non-hydrogen) atoms. The molecule has 5 heteroatoms. The average molecular weight is 286 g/mol. The van der Waals surface area contributed by atoms with E-state index in [1.54, 1.807) is 0 Å². The molecule has 0 spiro atoms. The topological polar surface area (TPSA) is 32.3 Å². The molecule has 1 aliphatic carbocycles. The predicted molar refractivity (Wildman–Crippen MR) is 72.5 cm³/mol. The fourth-order valence-electron chi connectivity index (χ4n) is 4.30. The summed E-state index contributed by atoms with van der Waals surface area (Å²) < 4.78 is 26.5. The zero-order valence-corrected chi connectivity index (χ0v) is 12.3. The van der Waals surface area contributed by atoms with Crippen LogP contribution >= 0.6 is 0 Å². The summed E-state index contributed by atoms with van der Waals surface area (Å²) in [7, 11) is 0. The van der Waals surface area contributed by atoms with Gasteiger partial charge < -0.3 is 10.2 Å². The molecule has 0 aromatic rings. The van der Waals surface area contributed by atoms with Crippen molar-refractivity contribution >= 4 is 5.91 Å². The highest BCUT2D eigenvalue weighted by Crippen LogP contribution is 2.43. The molecule has 114 valence electrons. The lowest BCUT2D eigenvalue weighted by molar-refractivity contribution is -0.143. The first-order chi connectivity index (χ1) is 9.31. The number of nitrogens with one attached hydrogen (secondary N) is 1. The van der Waals surface area contributed by atoms with Gasteiger partial charge in [-0.15, -0.1) is 0 Å². The maximum atomic E-state index is 13.2. The summed E-state index contributed by atoms with van der Waals surface area (Å²) in [6.45, 7) is 6.97. The monoisotopic (exact) mass is 286 g/mol. The highest BCUT2D eigenvalue weighted by molar-refractivity contribution is 5.80. The molecule has 3 aliphatic rings. The Kier molecular flexibility index (Phi) is 3.31. The number of carbonyl (C=O) groups excluding carboxylic acids is 1. The van der Waals surface area contributed by atoms with Gasteiger partial charge in [0.1, 0.15) is 0 Å². The molecular formula is C15H24F2N2O. The number of alkyl halides is 2. The van der Waals surface area contributed by atoms with Gasteiger partial charge in [0.05, 0.1) is 0 Å². The van der Waals surface area contributed by atoms with Gasteiger partial charge in [0, 0.05) is 43.9 Å². The van der Waals surface area contributed by atoms with Crippen molar-refractivity contribution in [1.29, 1.82) is 0 Å². The zero-order chi connectivity index (χ0) is 14.5. The van der Waals surface area contributed by atoms with E-state index in [4.69, 9.17) is 0 Å². The normalized spacial score (nSPS) is 36.1. The molecule has 1 N–H and O–H groups in total. The predicted octanol–water partition coefficient (Wildman–Crippen LogP) is 2.27. The van der Waals surface area contributed by atoms with Crippen molar-refractivity contribution in [3.63, 3.8) is 0 Å². The minimum atomic E-state index is -2.56. The van der Waals surface area contributed by atoms with Crippen LogP contribution in [0.15, 0.2) is 0 Å². The molecule has 0 radical (unpaired) electrons. The largest absolute Gasteiger partial charge is 0.337 e. The molecule has 2 unspecified atom stereocenters. The summed E-state index contributed by atoms with van der Waals surface area (Å²) in [5.74, 6) is -1.62. The van der Waals surface area contributed by atoms with Crippen LogP contribution in [-0.2, 0) is 4.79 Å².